The zero-order valence-corrected chi connectivity index (χ0v) is 14.2. The van der Waals surface area contributed by atoms with Gasteiger partial charge in [0.05, 0.1) is 0 Å². The second-order valence-electron chi connectivity index (χ2n) is 4.22. The summed E-state index contributed by atoms with van der Waals surface area (Å²) in [5.41, 5.74) is 0.881. The van der Waals surface area contributed by atoms with Crippen LogP contribution in [0.3, 0.4) is 0 Å². The Labute approximate surface area is 136 Å². The van der Waals surface area contributed by atoms with Gasteiger partial charge < -0.3 is 10.6 Å². The van der Waals surface area contributed by atoms with Gasteiger partial charge in [-0.25, -0.2) is 0 Å². The summed E-state index contributed by atoms with van der Waals surface area (Å²) in [5, 5.41) is 14.8. The molecule has 0 spiro atoms. The summed E-state index contributed by atoms with van der Waals surface area (Å²) in [6.45, 7) is 3.83. The van der Waals surface area contributed by atoms with Crippen molar-refractivity contribution in [2.24, 2.45) is 4.99 Å². The predicted octanol–water partition coefficient (Wildman–Crippen LogP) is 1.46. The maximum absolute atomic E-state index is 4.19. The van der Waals surface area contributed by atoms with Gasteiger partial charge in [0.2, 0.25) is 0 Å². The summed E-state index contributed by atoms with van der Waals surface area (Å²) in [6.07, 6.45) is 3.86. The lowest BCUT2D eigenvalue weighted by Gasteiger charge is -2.10. The predicted molar refractivity (Wildman–Crippen MR) is 91.8 cm³/mol. The van der Waals surface area contributed by atoms with E-state index >= 15 is 0 Å². The van der Waals surface area contributed by atoms with E-state index in [1.54, 1.807) is 7.05 Å². The number of hydrogen-bond donors (Lipinski definition) is 2. The second-order valence-corrected chi connectivity index (χ2v) is 4.22. The fraction of sp³-hybridized carbons (Fsp3) is 0.462. The number of guanidine groups is 1. The van der Waals surface area contributed by atoms with Gasteiger partial charge in [0.15, 0.2) is 11.6 Å². The highest BCUT2D eigenvalue weighted by atomic mass is 127. The Morgan fingerprint density at radius 1 is 1.25 bits per heavy atom. The van der Waals surface area contributed by atoms with Crippen molar-refractivity contribution < 1.29 is 0 Å². The van der Waals surface area contributed by atoms with Gasteiger partial charge in [0, 0.05) is 32.8 Å². The van der Waals surface area contributed by atoms with Crippen molar-refractivity contribution >= 4 is 35.6 Å². The number of hydrogen-bond acceptors (Lipinski definition) is 3. The lowest BCUT2D eigenvalue weighted by molar-refractivity contribution is 0.751. The van der Waals surface area contributed by atoms with E-state index in [9.17, 15) is 0 Å². The first-order valence-corrected chi connectivity index (χ1v) is 6.58. The van der Waals surface area contributed by atoms with Crippen LogP contribution < -0.4 is 10.6 Å². The molecule has 20 heavy (non-hydrogen) atoms. The van der Waals surface area contributed by atoms with Gasteiger partial charge in [0.1, 0.15) is 5.82 Å². The summed E-state index contributed by atoms with van der Waals surface area (Å²) in [6, 6.07) is 5.89. The summed E-state index contributed by atoms with van der Waals surface area (Å²) in [5.74, 6) is 1.78. The molecule has 0 fully saturated rings. The van der Waals surface area contributed by atoms with Crippen LogP contribution in [0.4, 0.5) is 0 Å². The summed E-state index contributed by atoms with van der Waals surface area (Å²) < 4.78 is 2.00. The van der Waals surface area contributed by atoms with Gasteiger partial charge >= 0.3 is 0 Å². The molecule has 0 saturated heterocycles. The number of aromatic nitrogens is 3. The molecule has 110 valence electrons. The van der Waals surface area contributed by atoms with Crippen molar-refractivity contribution in [2.75, 3.05) is 20.1 Å². The molecule has 2 N–H and O–H groups in total. The third kappa shape index (κ3) is 4.32. The van der Waals surface area contributed by atoms with E-state index in [2.05, 4.69) is 32.7 Å². The first kappa shape index (κ1) is 16.7. The Morgan fingerprint density at radius 3 is 2.80 bits per heavy atom. The van der Waals surface area contributed by atoms with E-state index < -0.39 is 0 Å². The Balaban J connectivity index is 0.00000200. The molecule has 0 unspecified atom stereocenters. The van der Waals surface area contributed by atoms with Gasteiger partial charge in [-0.1, -0.05) is 13.0 Å². The topological polar surface area (TPSA) is 66.6 Å². The fourth-order valence-electron chi connectivity index (χ4n) is 1.82. The normalized spacial score (nSPS) is 11.2. The Bertz CT molecular complexity index is 551. The number of fused-ring (bicyclic) bond motifs is 1. The Kier molecular flexibility index (Phi) is 7.27. The monoisotopic (exact) mass is 388 g/mol. The van der Waals surface area contributed by atoms with Gasteiger partial charge in [-0.2, -0.15) is 0 Å². The van der Waals surface area contributed by atoms with Crippen LogP contribution in [-0.2, 0) is 6.42 Å². The van der Waals surface area contributed by atoms with Crippen LogP contribution in [0.5, 0.6) is 0 Å². The summed E-state index contributed by atoms with van der Waals surface area (Å²) in [7, 11) is 1.78. The molecule has 0 aliphatic heterocycles. The van der Waals surface area contributed by atoms with E-state index in [0.29, 0.717) is 0 Å². The minimum Gasteiger partial charge on any atom is -0.356 e. The number of nitrogens with zero attached hydrogens (tertiary/aromatic N) is 4. The van der Waals surface area contributed by atoms with Crippen LogP contribution >= 0.6 is 24.0 Å². The molecular formula is C13H21IN6. The second kappa shape index (κ2) is 8.72. The summed E-state index contributed by atoms with van der Waals surface area (Å²) in [4.78, 5) is 4.16. The molecule has 2 heterocycles. The molecule has 2 aromatic rings. The van der Waals surface area contributed by atoms with Crippen LogP contribution in [0.2, 0.25) is 0 Å². The Hall–Kier alpha value is -1.38. The largest absolute Gasteiger partial charge is 0.356 e. The Morgan fingerprint density at radius 2 is 2.05 bits per heavy atom. The van der Waals surface area contributed by atoms with E-state index in [4.69, 9.17) is 0 Å². The lowest BCUT2D eigenvalue weighted by Crippen LogP contribution is -2.38. The number of nitrogens with one attached hydrogen (secondary N) is 2. The van der Waals surface area contributed by atoms with Crippen LogP contribution in [0.15, 0.2) is 29.4 Å². The molecule has 0 atom stereocenters. The van der Waals surface area contributed by atoms with Crippen molar-refractivity contribution in [3.63, 3.8) is 0 Å². The highest BCUT2D eigenvalue weighted by Crippen LogP contribution is 2.02. The molecular weight excluding hydrogens is 367 g/mol. The van der Waals surface area contributed by atoms with Crippen LogP contribution in [-0.4, -0.2) is 40.7 Å². The fourth-order valence-corrected chi connectivity index (χ4v) is 1.82. The van der Waals surface area contributed by atoms with Crippen molar-refractivity contribution in [3.05, 3.63) is 30.2 Å². The van der Waals surface area contributed by atoms with Crippen molar-refractivity contribution in [2.45, 2.75) is 19.8 Å². The van der Waals surface area contributed by atoms with Gasteiger partial charge in [-0.05, 0) is 18.6 Å². The number of rotatable bonds is 5. The van der Waals surface area contributed by atoms with E-state index in [1.165, 1.54) is 0 Å². The maximum atomic E-state index is 4.19. The van der Waals surface area contributed by atoms with E-state index in [0.717, 1.165) is 43.4 Å². The molecule has 0 aliphatic carbocycles. The molecule has 0 radical (unpaired) electrons. The minimum atomic E-state index is 0. The average Bonchev–Trinajstić information content (AvgIpc) is 2.86. The smallest absolute Gasteiger partial charge is 0.190 e. The van der Waals surface area contributed by atoms with Gasteiger partial charge in [-0.3, -0.25) is 9.39 Å². The van der Waals surface area contributed by atoms with Crippen molar-refractivity contribution in [3.8, 4) is 0 Å². The molecule has 0 saturated carbocycles. The standard InChI is InChI=1S/C13H20N6.HI/c1-3-8-15-13(14-2)16-9-7-12-18-17-11-6-4-5-10-19(11)12;/h4-6,10H,3,7-9H2,1-2H3,(H2,14,15,16);1H. The van der Waals surface area contributed by atoms with Crippen LogP contribution in [0.1, 0.15) is 19.2 Å². The quantitative estimate of drug-likeness (QED) is 0.463. The lowest BCUT2D eigenvalue weighted by atomic mass is 10.4. The third-order valence-electron chi connectivity index (χ3n) is 2.79. The SMILES string of the molecule is CCCNC(=NC)NCCc1nnc2ccccn12.I. The van der Waals surface area contributed by atoms with Crippen LogP contribution in [0, 0.1) is 0 Å². The van der Waals surface area contributed by atoms with Crippen molar-refractivity contribution in [1.82, 2.24) is 25.2 Å². The number of aliphatic imine (C=N–C) groups is 1. The molecule has 2 aromatic heterocycles. The maximum Gasteiger partial charge on any atom is 0.190 e. The van der Waals surface area contributed by atoms with Gasteiger partial charge in [-0.15, -0.1) is 34.2 Å². The number of halogens is 1. The molecule has 0 aliphatic rings. The molecule has 0 amide bonds. The van der Waals surface area contributed by atoms with Crippen LogP contribution in [0.25, 0.3) is 5.65 Å². The molecule has 0 bridgehead atoms. The molecule has 2 rings (SSSR count). The third-order valence-corrected chi connectivity index (χ3v) is 2.79. The summed E-state index contributed by atoms with van der Waals surface area (Å²) >= 11 is 0. The first-order chi connectivity index (χ1) is 9.35. The first-order valence-electron chi connectivity index (χ1n) is 6.58. The zero-order valence-electron chi connectivity index (χ0n) is 11.8. The number of pyridine rings is 1. The zero-order chi connectivity index (χ0) is 13.5. The average molecular weight is 388 g/mol. The molecule has 6 nitrogen and oxygen atoms in total. The van der Waals surface area contributed by atoms with Gasteiger partial charge in [0.25, 0.3) is 0 Å². The van der Waals surface area contributed by atoms with E-state index in [1.807, 2.05) is 28.8 Å². The molecule has 7 heteroatoms. The molecule has 0 aromatic carbocycles. The van der Waals surface area contributed by atoms with Crippen molar-refractivity contribution in [1.29, 1.82) is 0 Å². The van der Waals surface area contributed by atoms with E-state index in [-0.39, 0.29) is 24.0 Å². The minimum absolute atomic E-state index is 0. The highest BCUT2D eigenvalue weighted by Gasteiger charge is 2.04. The highest BCUT2D eigenvalue weighted by molar-refractivity contribution is 14.0.